The van der Waals surface area contributed by atoms with Crippen LogP contribution in [-0.4, -0.2) is 215 Å². The zero-order chi connectivity index (χ0) is 55.5. The molecule has 2 amide bonds. The lowest BCUT2D eigenvalue weighted by Gasteiger charge is -2.49. The molecule has 0 unspecified atom stereocenters. The van der Waals surface area contributed by atoms with Gasteiger partial charge in [-0.25, -0.2) is 9.59 Å². The van der Waals surface area contributed by atoms with Crippen molar-refractivity contribution >= 4 is 51.3 Å². The Hall–Kier alpha value is -2.39. The highest BCUT2D eigenvalue weighted by atomic mass is 33.1. The lowest BCUT2D eigenvalue weighted by atomic mass is 9.77. The normalized spacial score (nSPS) is 39.3. The van der Waals surface area contributed by atoms with Gasteiger partial charge in [0, 0.05) is 57.4 Å². The number of amides is 2. The van der Waals surface area contributed by atoms with Crippen molar-refractivity contribution in [2.75, 3.05) is 52.9 Å². The summed E-state index contributed by atoms with van der Waals surface area (Å²) in [7, 11) is 9.28. The number of nitrogens with one attached hydrogen (secondary N) is 2. The predicted octanol–water partition coefficient (Wildman–Crippen LogP) is 2.41. The van der Waals surface area contributed by atoms with E-state index in [4.69, 9.17) is 37.9 Å². The summed E-state index contributed by atoms with van der Waals surface area (Å²) in [6, 6.07) is -3.28. The Bertz CT molecular complexity index is 1800. The van der Waals surface area contributed by atoms with E-state index in [0.29, 0.717) is 13.0 Å². The van der Waals surface area contributed by atoms with Gasteiger partial charge in [0.2, 0.25) is 11.8 Å². The van der Waals surface area contributed by atoms with E-state index in [1.54, 1.807) is 62.4 Å². The molecule has 0 radical (unpaired) electrons. The highest BCUT2D eigenvalue weighted by Crippen LogP contribution is 2.41. The van der Waals surface area contributed by atoms with Gasteiger partial charge in [0.05, 0.1) is 54.2 Å². The Labute approximate surface area is 441 Å². The molecule has 23 heteroatoms. The molecule has 3 fully saturated rings. The molecule has 3 aliphatic heterocycles. The van der Waals surface area contributed by atoms with Crippen LogP contribution >= 0.6 is 21.6 Å². The van der Waals surface area contributed by atoms with Crippen LogP contribution in [0.25, 0.3) is 0 Å². The molecule has 0 saturated carbocycles. The lowest BCUT2D eigenvalue weighted by molar-refractivity contribution is -0.319. The van der Waals surface area contributed by atoms with Crippen LogP contribution in [0.4, 0.5) is 0 Å². The topological polar surface area (TPSA) is 271 Å². The Kier molecular flexibility index (Phi) is 25.2. The first-order valence-electron chi connectivity index (χ1n) is 25.6. The highest BCUT2D eigenvalue weighted by Gasteiger charge is 2.53. The Morgan fingerprint density at radius 2 is 1.44 bits per heavy atom. The van der Waals surface area contributed by atoms with Crippen LogP contribution in [0.5, 0.6) is 0 Å². The average Bonchev–Trinajstić information content (AvgIpc) is 3.29. The molecule has 0 aromatic heterocycles. The van der Waals surface area contributed by atoms with Gasteiger partial charge in [-0.05, 0) is 102 Å². The van der Waals surface area contributed by atoms with Crippen LogP contribution in [-0.2, 0) is 61.9 Å². The fraction of sp³-hybridized carbons (Fsp3) is 0.900. The first-order chi connectivity index (χ1) is 33.8. The van der Waals surface area contributed by atoms with E-state index in [0.717, 1.165) is 0 Å². The highest BCUT2D eigenvalue weighted by molar-refractivity contribution is 8.76. The number of cyclic esters (lactones) is 1. The van der Waals surface area contributed by atoms with Crippen LogP contribution in [0, 0.1) is 17.8 Å². The maximum absolute atomic E-state index is 14.6. The third-order valence-corrected chi connectivity index (χ3v) is 17.0. The van der Waals surface area contributed by atoms with Crippen molar-refractivity contribution in [1.82, 2.24) is 20.4 Å². The summed E-state index contributed by atoms with van der Waals surface area (Å²) in [6.45, 7) is 21.8. The second-order valence-electron chi connectivity index (χ2n) is 21.4. The van der Waals surface area contributed by atoms with Crippen LogP contribution in [0.3, 0.4) is 0 Å². The molecule has 0 aliphatic carbocycles. The Balaban J connectivity index is 2.18. The minimum atomic E-state index is -1.89. The van der Waals surface area contributed by atoms with Gasteiger partial charge in [-0.15, -0.1) is 0 Å². The third-order valence-electron chi connectivity index (χ3n) is 14.6. The van der Waals surface area contributed by atoms with E-state index in [-0.39, 0.29) is 43.3 Å². The van der Waals surface area contributed by atoms with Gasteiger partial charge < -0.3 is 78.8 Å². The number of likely N-dealkylation sites (N-methyl/N-ethyl adjacent to an activating group) is 2. The number of nitrogens with zero attached hydrogens (tertiary/aromatic N) is 2. The molecule has 3 rings (SSSR count). The SMILES string of the molecule is CCOC(=O)[C@H](CSSC[C@H](NC(C)=O)C(=O)O[C@H]1[C@H](O[C@@H]2[C@@H](C)[C@H](O[C@H]3C[C@@](C)(OC)[C@@H](O)[C@H](C)O3)[C@@H](C)C(=O)O[C@H](CC)[C@@](C)(O)[C@H](O)[C@@H](C)N(C)C[C@H](C)C[C@@]2(C)O)O[C@H](C)C[C@@H]1N(C)C)NC(C)=O. The van der Waals surface area contributed by atoms with Gasteiger partial charge in [0.1, 0.15) is 36.0 Å². The van der Waals surface area contributed by atoms with Crippen molar-refractivity contribution in [3.8, 4) is 0 Å². The number of esters is 3. The molecule has 3 aliphatic rings. The van der Waals surface area contributed by atoms with Gasteiger partial charge >= 0.3 is 17.9 Å². The van der Waals surface area contributed by atoms with E-state index in [2.05, 4.69) is 10.6 Å². The quantitative estimate of drug-likeness (QED) is 0.0498. The second-order valence-corrected chi connectivity index (χ2v) is 24.0. The molecule has 6 N–H and O–H groups in total. The molecule has 0 bridgehead atoms. The summed E-state index contributed by atoms with van der Waals surface area (Å²) in [6.07, 6.45) is -10.1. The number of aliphatic hydroxyl groups excluding tert-OH is 2. The molecule has 20 atom stereocenters. The van der Waals surface area contributed by atoms with Crippen molar-refractivity contribution < 1.29 is 82.3 Å². The van der Waals surface area contributed by atoms with Gasteiger partial charge in [-0.1, -0.05) is 42.4 Å². The molecule has 0 aromatic carbocycles. The molecule has 424 valence electrons. The molecule has 73 heavy (non-hydrogen) atoms. The number of carbonyl (C=O) groups is 5. The second kappa shape index (κ2) is 28.3. The monoisotopic (exact) mass is 1080 g/mol. The third kappa shape index (κ3) is 17.6. The number of hydrogen-bond acceptors (Lipinski definition) is 21. The first-order valence-corrected chi connectivity index (χ1v) is 28.0. The van der Waals surface area contributed by atoms with E-state index in [1.165, 1.54) is 49.5 Å². The standard InChI is InChI=1S/C50H90N4O17S2/c1-18-37-50(13,63)41(57)30(7)54(16)23-26(3)21-48(11,62)43(28(5)39(29(6)44(59)68-37)69-38-22-49(12,64-17)42(58)31(8)67-38)71-47-40(36(53(14)15)20-27(4)66-47)70-46(61)35(52-33(10)56)25-73-72-24-34(51-32(9)55)45(60)65-19-2/h26-31,34-43,47,57-58,62-63H,18-25H2,1-17H3,(H,51,55)(H,52,56)/t26-,27-,28+,29-,30-,31+,34+,35+,36+,37-,38+,39+,40-,41-,42+,43-,47+,48-,49-,50-/m1/s1. The summed E-state index contributed by atoms with van der Waals surface area (Å²) < 4.78 is 50.1. The Morgan fingerprint density at radius 1 is 0.863 bits per heavy atom. The molecule has 0 aromatic rings. The number of carbonyl (C=O) groups excluding carboxylic acids is 5. The summed E-state index contributed by atoms with van der Waals surface area (Å²) >= 11 is 0. The smallest absolute Gasteiger partial charge is 0.330 e. The zero-order valence-corrected chi connectivity index (χ0v) is 47.9. The lowest BCUT2D eigenvalue weighted by Crippen LogP contribution is -2.61. The van der Waals surface area contributed by atoms with Crippen molar-refractivity contribution in [2.45, 2.75) is 218 Å². The molecule has 3 heterocycles. The van der Waals surface area contributed by atoms with Gasteiger partial charge in [0.25, 0.3) is 0 Å². The molecule has 3 saturated heterocycles. The van der Waals surface area contributed by atoms with Gasteiger partial charge in [0.15, 0.2) is 18.7 Å². The summed E-state index contributed by atoms with van der Waals surface area (Å²) in [5, 5.41) is 53.0. The summed E-state index contributed by atoms with van der Waals surface area (Å²) in [4.78, 5) is 69.7. The fourth-order valence-electron chi connectivity index (χ4n) is 10.4. The number of ether oxygens (including phenoxy) is 8. The molecule has 0 spiro atoms. The van der Waals surface area contributed by atoms with Crippen LogP contribution in [0.2, 0.25) is 0 Å². The largest absolute Gasteiger partial charge is 0.464 e. The van der Waals surface area contributed by atoms with Gasteiger partial charge in [-0.3, -0.25) is 14.4 Å². The number of hydrogen-bond donors (Lipinski definition) is 6. The minimum absolute atomic E-state index is 0.000487. The Morgan fingerprint density at radius 3 is 1.96 bits per heavy atom. The number of rotatable bonds is 18. The first kappa shape index (κ1) is 64.9. The van der Waals surface area contributed by atoms with E-state index in [9.17, 15) is 44.4 Å². The van der Waals surface area contributed by atoms with Crippen molar-refractivity contribution in [3.05, 3.63) is 0 Å². The summed E-state index contributed by atoms with van der Waals surface area (Å²) in [5.41, 5.74) is -4.76. The van der Waals surface area contributed by atoms with Gasteiger partial charge in [-0.2, -0.15) is 0 Å². The van der Waals surface area contributed by atoms with E-state index in [1.807, 2.05) is 37.7 Å². The molecular formula is C50H90N4O17S2. The van der Waals surface area contributed by atoms with Crippen LogP contribution in [0.15, 0.2) is 0 Å². The van der Waals surface area contributed by atoms with Crippen molar-refractivity contribution in [3.63, 3.8) is 0 Å². The fourth-order valence-corrected chi connectivity index (χ4v) is 12.7. The maximum atomic E-state index is 14.6. The number of methoxy groups -OCH3 is 1. The van der Waals surface area contributed by atoms with Crippen LogP contribution < -0.4 is 10.6 Å². The van der Waals surface area contributed by atoms with E-state index >= 15 is 0 Å². The summed E-state index contributed by atoms with van der Waals surface area (Å²) in [5.74, 6) is -5.36. The minimum Gasteiger partial charge on any atom is -0.464 e. The molecule has 21 nitrogen and oxygen atoms in total. The maximum Gasteiger partial charge on any atom is 0.330 e. The van der Waals surface area contributed by atoms with E-state index < -0.39 is 144 Å². The van der Waals surface area contributed by atoms with Crippen LogP contribution in [0.1, 0.15) is 116 Å². The zero-order valence-electron chi connectivity index (χ0n) is 46.3. The number of aliphatic hydroxyl groups is 4. The molecular weight excluding hydrogens is 993 g/mol. The predicted molar refractivity (Wildman–Crippen MR) is 275 cm³/mol. The average molecular weight is 1080 g/mol. The van der Waals surface area contributed by atoms with Crippen molar-refractivity contribution in [2.24, 2.45) is 17.8 Å². The van der Waals surface area contributed by atoms with Crippen molar-refractivity contribution in [1.29, 1.82) is 0 Å².